The molecule has 3 rings (SSSR count). The highest BCUT2D eigenvalue weighted by molar-refractivity contribution is 5.96. The lowest BCUT2D eigenvalue weighted by molar-refractivity contribution is 0.101. The van der Waals surface area contributed by atoms with E-state index in [0.29, 0.717) is 29.8 Å². The van der Waals surface area contributed by atoms with Gasteiger partial charge in [0.15, 0.2) is 5.78 Å². The highest BCUT2D eigenvalue weighted by Crippen LogP contribution is 2.23. The van der Waals surface area contributed by atoms with E-state index < -0.39 is 0 Å². The molecule has 0 radical (unpaired) electrons. The van der Waals surface area contributed by atoms with Crippen molar-refractivity contribution in [1.29, 1.82) is 0 Å². The molecule has 2 aromatic rings. The largest absolute Gasteiger partial charge is 0.338 e. The van der Waals surface area contributed by atoms with Gasteiger partial charge in [0.2, 0.25) is 0 Å². The maximum atomic E-state index is 13.1. The highest BCUT2D eigenvalue weighted by atomic mass is 19.1. The number of carbonyl (C=O) groups is 2. The third-order valence-electron chi connectivity index (χ3n) is 5.58. The molecule has 2 aromatic carbocycles. The van der Waals surface area contributed by atoms with Crippen molar-refractivity contribution < 1.29 is 14.0 Å². The van der Waals surface area contributed by atoms with Gasteiger partial charge in [-0.25, -0.2) is 9.18 Å². The standard InChI is InChI=1S/C24H30FN3O2/c1-17(29)20-4-2-5-23(16-20)28-24(30)27-12-3-6-22-15-19(11-13-26-22)14-18-7-9-21(25)10-8-18/h2,4-5,7-10,16,19,22,26H,3,6,11-15H2,1H3,(H2,27,28,30). The van der Waals surface area contributed by atoms with Crippen LogP contribution in [0.2, 0.25) is 0 Å². The van der Waals surface area contributed by atoms with Gasteiger partial charge in [-0.05, 0) is 81.3 Å². The van der Waals surface area contributed by atoms with Crippen LogP contribution in [0.4, 0.5) is 14.9 Å². The first-order valence-electron chi connectivity index (χ1n) is 10.6. The molecule has 0 spiro atoms. The minimum Gasteiger partial charge on any atom is -0.338 e. The number of hydrogen-bond donors (Lipinski definition) is 3. The van der Waals surface area contributed by atoms with Crippen LogP contribution in [0.25, 0.3) is 0 Å². The second-order valence-corrected chi connectivity index (χ2v) is 8.03. The average Bonchev–Trinajstić information content (AvgIpc) is 2.73. The molecule has 2 atom stereocenters. The van der Waals surface area contributed by atoms with Gasteiger partial charge in [-0.2, -0.15) is 0 Å². The summed E-state index contributed by atoms with van der Waals surface area (Å²) in [4.78, 5) is 23.5. The van der Waals surface area contributed by atoms with Crippen molar-refractivity contribution in [1.82, 2.24) is 10.6 Å². The quantitative estimate of drug-likeness (QED) is 0.441. The fourth-order valence-corrected chi connectivity index (χ4v) is 4.00. The first-order valence-corrected chi connectivity index (χ1v) is 10.6. The van der Waals surface area contributed by atoms with Gasteiger partial charge in [-0.3, -0.25) is 4.79 Å². The fraction of sp³-hybridized carbons (Fsp3) is 0.417. The number of carbonyl (C=O) groups excluding carboxylic acids is 2. The number of amides is 2. The summed E-state index contributed by atoms with van der Waals surface area (Å²) in [5.74, 6) is 0.383. The van der Waals surface area contributed by atoms with E-state index in [2.05, 4.69) is 16.0 Å². The Morgan fingerprint density at radius 3 is 2.73 bits per heavy atom. The second kappa shape index (κ2) is 10.9. The van der Waals surface area contributed by atoms with Crippen molar-refractivity contribution in [2.45, 2.75) is 45.1 Å². The molecule has 1 fully saturated rings. The maximum absolute atomic E-state index is 13.1. The van der Waals surface area contributed by atoms with Crippen LogP contribution in [-0.4, -0.2) is 30.9 Å². The lowest BCUT2D eigenvalue weighted by atomic mass is 9.86. The minimum atomic E-state index is -0.263. The molecule has 5 nitrogen and oxygen atoms in total. The molecule has 3 N–H and O–H groups in total. The number of benzene rings is 2. The molecule has 30 heavy (non-hydrogen) atoms. The van der Waals surface area contributed by atoms with Gasteiger partial charge >= 0.3 is 6.03 Å². The normalized spacial score (nSPS) is 18.6. The number of piperidine rings is 1. The molecule has 0 saturated carbocycles. The van der Waals surface area contributed by atoms with E-state index in [-0.39, 0.29) is 17.6 Å². The molecular formula is C24H30FN3O2. The van der Waals surface area contributed by atoms with Gasteiger partial charge in [0, 0.05) is 23.8 Å². The minimum absolute atomic E-state index is 0.0308. The van der Waals surface area contributed by atoms with Crippen LogP contribution in [0.3, 0.4) is 0 Å². The topological polar surface area (TPSA) is 70.2 Å². The zero-order chi connectivity index (χ0) is 21.3. The molecule has 1 aliphatic rings. The van der Waals surface area contributed by atoms with Crippen LogP contribution >= 0.6 is 0 Å². The fourth-order valence-electron chi connectivity index (χ4n) is 4.00. The molecule has 1 heterocycles. The van der Waals surface area contributed by atoms with Crippen molar-refractivity contribution in [2.24, 2.45) is 5.92 Å². The van der Waals surface area contributed by atoms with Crippen LogP contribution in [-0.2, 0) is 6.42 Å². The number of Topliss-reactive ketones (excluding diaryl/α,β-unsaturated/α-hetero) is 1. The summed E-state index contributed by atoms with van der Waals surface area (Å²) < 4.78 is 13.1. The second-order valence-electron chi connectivity index (χ2n) is 8.03. The van der Waals surface area contributed by atoms with Gasteiger partial charge in [0.25, 0.3) is 0 Å². The first-order chi connectivity index (χ1) is 14.5. The Balaban J connectivity index is 1.35. The summed E-state index contributed by atoms with van der Waals surface area (Å²) in [7, 11) is 0. The number of halogens is 1. The molecule has 0 bridgehead atoms. The van der Waals surface area contributed by atoms with E-state index in [1.807, 2.05) is 12.1 Å². The summed E-state index contributed by atoms with van der Waals surface area (Å²) in [6.07, 6.45) is 5.11. The molecule has 2 unspecified atom stereocenters. The lowest BCUT2D eigenvalue weighted by Crippen LogP contribution is -2.39. The summed E-state index contributed by atoms with van der Waals surface area (Å²) in [6.45, 7) is 3.10. The number of rotatable bonds is 8. The average molecular weight is 412 g/mol. The third-order valence-corrected chi connectivity index (χ3v) is 5.58. The predicted molar refractivity (Wildman–Crippen MR) is 117 cm³/mol. The smallest absolute Gasteiger partial charge is 0.319 e. The van der Waals surface area contributed by atoms with Crippen molar-refractivity contribution >= 4 is 17.5 Å². The third kappa shape index (κ3) is 6.95. The van der Waals surface area contributed by atoms with Crippen LogP contribution in [0.15, 0.2) is 48.5 Å². The van der Waals surface area contributed by atoms with E-state index in [1.165, 1.54) is 24.6 Å². The van der Waals surface area contributed by atoms with E-state index in [0.717, 1.165) is 38.6 Å². The van der Waals surface area contributed by atoms with E-state index in [1.54, 1.807) is 24.3 Å². The molecular weight excluding hydrogens is 381 g/mol. The van der Waals surface area contributed by atoms with Crippen LogP contribution in [0.5, 0.6) is 0 Å². The lowest BCUT2D eigenvalue weighted by Gasteiger charge is -2.30. The molecule has 0 aromatic heterocycles. The van der Waals surface area contributed by atoms with Crippen LogP contribution < -0.4 is 16.0 Å². The van der Waals surface area contributed by atoms with Crippen molar-refractivity contribution in [2.75, 3.05) is 18.4 Å². The van der Waals surface area contributed by atoms with E-state index in [4.69, 9.17) is 0 Å². The number of ketones is 1. The van der Waals surface area contributed by atoms with Gasteiger partial charge < -0.3 is 16.0 Å². The van der Waals surface area contributed by atoms with Crippen molar-refractivity contribution in [3.05, 3.63) is 65.5 Å². The first kappa shape index (κ1) is 22.0. The Labute approximate surface area is 177 Å². The number of urea groups is 1. The van der Waals surface area contributed by atoms with Crippen LogP contribution in [0.1, 0.15) is 48.5 Å². The SMILES string of the molecule is CC(=O)c1cccc(NC(=O)NCCCC2CC(Cc3ccc(F)cc3)CCN2)c1. The summed E-state index contributed by atoms with van der Waals surface area (Å²) in [5, 5.41) is 9.22. The van der Waals surface area contributed by atoms with Gasteiger partial charge in [-0.15, -0.1) is 0 Å². The summed E-state index contributed by atoms with van der Waals surface area (Å²) >= 11 is 0. The Morgan fingerprint density at radius 1 is 1.17 bits per heavy atom. The monoisotopic (exact) mass is 411 g/mol. The zero-order valence-corrected chi connectivity index (χ0v) is 17.4. The molecule has 2 amide bonds. The van der Waals surface area contributed by atoms with E-state index in [9.17, 15) is 14.0 Å². The van der Waals surface area contributed by atoms with Gasteiger partial charge in [0.1, 0.15) is 5.82 Å². The predicted octanol–water partition coefficient (Wildman–Crippen LogP) is 4.54. The Hall–Kier alpha value is -2.73. The maximum Gasteiger partial charge on any atom is 0.319 e. The molecule has 6 heteroatoms. The number of hydrogen-bond acceptors (Lipinski definition) is 3. The number of anilines is 1. The molecule has 160 valence electrons. The Kier molecular flexibility index (Phi) is 7.97. The molecule has 0 aliphatic carbocycles. The van der Waals surface area contributed by atoms with Crippen molar-refractivity contribution in [3.8, 4) is 0 Å². The van der Waals surface area contributed by atoms with Gasteiger partial charge in [0.05, 0.1) is 0 Å². The highest BCUT2D eigenvalue weighted by Gasteiger charge is 2.21. The zero-order valence-electron chi connectivity index (χ0n) is 17.4. The van der Waals surface area contributed by atoms with Crippen molar-refractivity contribution in [3.63, 3.8) is 0 Å². The molecule has 1 saturated heterocycles. The number of nitrogens with one attached hydrogen (secondary N) is 3. The Morgan fingerprint density at radius 2 is 1.97 bits per heavy atom. The Bertz CT molecular complexity index is 854. The molecule has 1 aliphatic heterocycles. The summed E-state index contributed by atoms with van der Waals surface area (Å²) in [5.41, 5.74) is 2.37. The van der Waals surface area contributed by atoms with Gasteiger partial charge in [-0.1, -0.05) is 24.3 Å². The summed E-state index contributed by atoms with van der Waals surface area (Å²) in [6, 6.07) is 13.9. The van der Waals surface area contributed by atoms with Crippen LogP contribution in [0, 0.1) is 11.7 Å². The van der Waals surface area contributed by atoms with E-state index >= 15 is 0 Å².